The molecule has 2 aliphatic rings. The maximum atomic E-state index is 5.82. The highest BCUT2D eigenvalue weighted by Crippen LogP contribution is 2.45. The van der Waals surface area contributed by atoms with E-state index in [0.29, 0.717) is 0 Å². The van der Waals surface area contributed by atoms with Crippen molar-refractivity contribution in [2.24, 2.45) is 0 Å². The van der Waals surface area contributed by atoms with Gasteiger partial charge in [0.25, 0.3) is 0 Å². The lowest BCUT2D eigenvalue weighted by Crippen LogP contribution is -2.16. The van der Waals surface area contributed by atoms with E-state index in [2.05, 4.69) is 23.5 Å². The largest absolute Gasteiger partial charge is 0.492 e. The third-order valence-corrected chi connectivity index (χ3v) is 2.98. The van der Waals surface area contributed by atoms with Gasteiger partial charge in [0.15, 0.2) is 0 Å². The van der Waals surface area contributed by atoms with Gasteiger partial charge in [0.05, 0.1) is 0 Å². The number of fused-ring (bicyclic) bond motifs is 1. The zero-order valence-electron chi connectivity index (χ0n) is 8.66. The third-order valence-electron chi connectivity index (χ3n) is 2.98. The molecule has 3 heteroatoms. The number of hydrogen-bond donors (Lipinski definition) is 1. The van der Waals surface area contributed by atoms with Crippen molar-refractivity contribution >= 4 is 12.4 Å². The monoisotopic (exact) mass is 225 g/mol. The Labute approximate surface area is 96.4 Å². The second-order valence-electron chi connectivity index (χ2n) is 4.13. The third kappa shape index (κ3) is 2.11. The Morgan fingerprint density at radius 2 is 2.13 bits per heavy atom. The van der Waals surface area contributed by atoms with E-state index in [9.17, 15) is 0 Å². The number of rotatable bonds is 1. The van der Waals surface area contributed by atoms with Crippen LogP contribution in [0.2, 0.25) is 0 Å². The van der Waals surface area contributed by atoms with Crippen molar-refractivity contribution in [3.63, 3.8) is 0 Å². The van der Waals surface area contributed by atoms with Crippen molar-refractivity contribution in [2.45, 2.75) is 25.3 Å². The molecular weight excluding hydrogens is 210 g/mol. The summed E-state index contributed by atoms with van der Waals surface area (Å²) < 4.78 is 5.82. The summed E-state index contributed by atoms with van der Waals surface area (Å²) in [6, 6.07) is 6.55. The second kappa shape index (κ2) is 4.42. The van der Waals surface area contributed by atoms with Crippen LogP contribution in [-0.4, -0.2) is 13.2 Å². The van der Waals surface area contributed by atoms with Crippen LogP contribution < -0.4 is 10.1 Å². The number of ether oxygens (including phenoxy) is 1. The molecule has 1 aliphatic carbocycles. The number of nitrogens with one attached hydrogen (secondary N) is 1. The Balaban J connectivity index is 0.000000853. The molecule has 1 aromatic rings. The summed E-state index contributed by atoms with van der Waals surface area (Å²) in [5.41, 5.74) is 2.76. The van der Waals surface area contributed by atoms with Gasteiger partial charge in [-0.25, -0.2) is 0 Å². The van der Waals surface area contributed by atoms with E-state index >= 15 is 0 Å². The predicted octanol–water partition coefficient (Wildman–Crippen LogP) is 2.47. The van der Waals surface area contributed by atoms with Crippen molar-refractivity contribution in [1.82, 2.24) is 5.32 Å². The maximum absolute atomic E-state index is 5.82. The molecule has 1 aromatic carbocycles. The topological polar surface area (TPSA) is 21.3 Å². The van der Waals surface area contributed by atoms with E-state index in [-0.39, 0.29) is 12.4 Å². The first-order chi connectivity index (χ1) is 6.95. The predicted molar refractivity (Wildman–Crippen MR) is 62.9 cm³/mol. The highest BCUT2D eigenvalue weighted by Gasteiger charge is 2.28. The van der Waals surface area contributed by atoms with Gasteiger partial charge >= 0.3 is 0 Å². The molecular formula is C12H16ClNO. The van der Waals surface area contributed by atoms with Crippen molar-refractivity contribution < 1.29 is 4.74 Å². The van der Waals surface area contributed by atoms with E-state index in [1.807, 2.05) is 0 Å². The highest BCUT2D eigenvalue weighted by molar-refractivity contribution is 5.85. The zero-order chi connectivity index (χ0) is 9.38. The molecule has 0 amide bonds. The van der Waals surface area contributed by atoms with Crippen LogP contribution in [0.3, 0.4) is 0 Å². The van der Waals surface area contributed by atoms with E-state index in [1.54, 1.807) is 0 Å². The Kier molecular flexibility index (Phi) is 3.17. The zero-order valence-corrected chi connectivity index (χ0v) is 9.48. The van der Waals surface area contributed by atoms with E-state index < -0.39 is 0 Å². The average molecular weight is 226 g/mol. The van der Waals surface area contributed by atoms with Gasteiger partial charge in [-0.1, -0.05) is 18.2 Å². The first-order valence-electron chi connectivity index (χ1n) is 5.40. The van der Waals surface area contributed by atoms with Crippen molar-refractivity contribution in [3.05, 3.63) is 29.3 Å². The second-order valence-corrected chi connectivity index (χ2v) is 4.13. The Morgan fingerprint density at radius 1 is 1.27 bits per heavy atom. The van der Waals surface area contributed by atoms with Gasteiger partial charge < -0.3 is 10.1 Å². The molecule has 0 radical (unpaired) electrons. The molecule has 1 aliphatic heterocycles. The molecule has 1 fully saturated rings. The quantitative estimate of drug-likeness (QED) is 0.793. The van der Waals surface area contributed by atoms with Gasteiger partial charge in [-0.05, 0) is 24.3 Å². The van der Waals surface area contributed by atoms with E-state index in [4.69, 9.17) is 4.74 Å². The van der Waals surface area contributed by atoms with Crippen LogP contribution in [-0.2, 0) is 6.54 Å². The SMILES string of the molecule is Cl.c1cc2c(c(C3CC3)c1)OCCNC2. The molecule has 15 heavy (non-hydrogen) atoms. The van der Waals surface area contributed by atoms with Crippen LogP contribution in [0, 0.1) is 0 Å². The number of halogens is 1. The molecule has 0 aromatic heterocycles. The Hall–Kier alpha value is -0.730. The summed E-state index contributed by atoms with van der Waals surface area (Å²) in [6.45, 7) is 2.71. The van der Waals surface area contributed by atoms with Gasteiger partial charge in [-0.3, -0.25) is 0 Å². The summed E-state index contributed by atoms with van der Waals surface area (Å²) in [5, 5.41) is 3.36. The van der Waals surface area contributed by atoms with Gasteiger partial charge in [0, 0.05) is 18.7 Å². The first-order valence-corrected chi connectivity index (χ1v) is 5.40. The standard InChI is InChI=1S/C12H15NO.ClH/c1-2-10-8-13-6-7-14-12(10)11(3-1)9-4-5-9;/h1-3,9,13H,4-8H2;1H. The lowest BCUT2D eigenvalue weighted by Gasteiger charge is -2.11. The fourth-order valence-electron chi connectivity index (χ4n) is 2.08. The smallest absolute Gasteiger partial charge is 0.127 e. The molecule has 0 spiro atoms. The average Bonchev–Trinajstić information content (AvgIpc) is 3.04. The Bertz CT molecular complexity index is 349. The van der Waals surface area contributed by atoms with Crippen molar-refractivity contribution in [3.8, 4) is 5.75 Å². The molecule has 0 bridgehead atoms. The van der Waals surface area contributed by atoms with Gasteiger partial charge in [-0.2, -0.15) is 0 Å². The van der Waals surface area contributed by atoms with Gasteiger partial charge in [-0.15, -0.1) is 12.4 Å². The summed E-state index contributed by atoms with van der Waals surface area (Å²) in [5.74, 6) is 1.95. The first kappa shape index (κ1) is 10.8. The van der Waals surface area contributed by atoms with Crippen molar-refractivity contribution in [2.75, 3.05) is 13.2 Å². The molecule has 1 N–H and O–H groups in total. The summed E-state index contributed by atoms with van der Waals surface area (Å²) in [4.78, 5) is 0. The lowest BCUT2D eigenvalue weighted by molar-refractivity contribution is 0.322. The molecule has 0 unspecified atom stereocenters. The fraction of sp³-hybridized carbons (Fsp3) is 0.500. The number of hydrogen-bond acceptors (Lipinski definition) is 2. The van der Waals surface area contributed by atoms with Crippen LogP contribution in [0.4, 0.5) is 0 Å². The minimum Gasteiger partial charge on any atom is -0.492 e. The van der Waals surface area contributed by atoms with Crippen LogP contribution in [0.5, 0.6) is 5.75 Å². The maximum Gasteiger partial charge on any atom is 0.127 e. The molecule has 82 valence electrons. The minimum absolute atomic E-state index is 0. The van der Waals surface area contributed by atoms with E-state index in [0.717, 1.165) is 25.6 Å². The number of benzene rings is 1. The molecule has 0 atom stereocenters. The summed E-state index contributed by atoms with van der Waals surface area (Å²) >= 11 is 0. The fourth-order valence-corrected chi connectivity index (χ4v) is 2.08. The highest BCUT2D eigenvalue weighted by atomic mass is 35.5. The van der Waals surface area contributed by atoms with E-state index in [1.165, 1.54) is 29.7 Å². The molecule has 1 heterocycles. The van der Waals surface area contributed by atoms with Gasteiger partial charge in [0.1, 0.15) is 12.4 Å². The molecule has 0 saturated heterocycles. The lowest BCUT2D eigenvalue weighted by atomic mass is 10.1. The molecule has 3 rings (SSSR count). The minimum atomic E-state index is 0. The summed E-state index contributed by atoms with van der Waals surface area (Å²) in [7, 11) is 0. The molecule has 1 saturated carbocycles. The summed E-state index contributed by atoms with van der Waals surface area (Å²) in [6.07, 6.45) is 2.68. The number of para-hydroxylation sites is 1. The van der Waals surface area contributed by atoms with Crippen LogP contribution in [0.1, 0.15) is 29.9 Å². The van der Waals surface area contributed by atoms with Crippen LogP contribution in [0.25, 0.3) is 0 Å². The van der Waals surface area contributed by atoms with Crippen LogP contribution >= 0.6 is 12.4 Å². The normalized spacial score (nSPS) is 19.5. The molecule has 2 nitrogen and oxygen atoms in total. The van der Waals surface area contributed by atoms with Gasteiger partial charge in [0.2, 0.25) is 0 Å². The van der Waals surface area contributed by atoms with Crippen LogP contribution in [0.15, 0.2) is 18.2 Å². The Morgan fingerprint density at radius 3 is 2.93 bits per heavy atom. The van der Waals surface area contributed by atoms with Crippen molar-refractivity contribution in [1.29, 1.82) is 0 Å².